The van der Waals surface area contributed by atoms with Crippen molar-refractivity contribution in [1.29, 1.82) is 0 Å². The Bertz CT molecular complexity index is 3500. The zero-order chi connectivity index (χ0) is 46.0. The first-order valence-electron chi connectivity index (χ1n) is 22.8. The summed E-state index contributed by atoms with van der Waals surface area (Å²) in [6.45, 7) is 0. The summed E-state index contributed by atoms with van der Waals surface area (Å²) in [7, 11) is 0. The monoisotopic (exact) mass is 618 g/mol. The van der Waals surface area contributed by atoms with Gasteiger partial charge in [0.15, 0.2) is 17.5 Å². The molecule has 9 rings (SSSR count). The third-order valence-electron chi connectivity index (χ3n) is 7.44. The maximum absolute atomic E-state index is 9.33. The molecule has 0 atom stereocenters. The summed E-state index contributed by atoms with van der Waals surface area (Å²) in [5.41, 5.74) is -1.90. The first-order valence-corrected chi connectivity index (χ1v) is 14.3. The minimum atomic E-state index is -0.792. The van der Waals surface area contributed by atoms with Crippen LogP contribution in [0.15, 0.2) is 168 Å². The molecule has 0 N–H and O–H groups in total. The molecule has 0 spiro atoms. The Hall–Kier alpha value is -6.39. The van der Waals surface area contributed by atoms with Crippen molar-refractivity contribution in [3.63, 3.8) is 0 Å². The summed E-state index contributed by atoms with van der Waals surface area (Å²) >= 11 is 0. The van der Waals surface area contributed by atoms with Gasteiger partial charge in [0.1, 0.15) is 11.2 Å². The number of hydrogen-bond acceptors (Lipinski definition) is 4. The summed E-state index contributed by atoms with van der Waals surface area (Å²) in [5, 5.41) is -1.07. The van der Waals surface area contributed by atoms with Crippen molar-refractivity contribution in [2.45, 2.75) is 0 Å². The minimum Gasteiger partial charge on any atom is -0.456 e. The molecule has 0 aliphatic heterocycles. The van der Waals surface area contributed by atoms with Crippen LogP contribution in [0.5, 0.6) is 0 Å². The number of benzene rings is 7. The van der Waals surface area contributed by atoms with Crippen LogP contribution in [-0.4, -0.2) is 15.0 Å². The molecule has 2 heterocycles. The molecule has 4 heteroatoms. The third-order valence-corrected chi connectivity index (χ3v) is 7.44. The van der Waals surface area contributed by atoms with Crippen molar-refractivity contribution in [2.75, 3.05) is 0 Å². The van der Waals surface area contributed by atoms with E-state index < -0.39 is 136 Å². The van der Waals surface area contributed by atoms with E-state index in [1.54, 1.807) is 60.7 Å². The molecule has 0 saturated heterocycles. The van der Waals surface area contributed by atoms with E-state index in [9.17, 15) is 8.22 Å². The Morgan fingerprint density at radius 2 is 1.04 bits per heavy atom. The van der Waals surface area contributed by atoms with Crippen LogP contribution in [0.3, 0.4) is 0 Å². The van der Waals surface area contributed by atoms with Crippen molar-refractivity contribution < 1.29 is 27.7 Å². The van der Waals surface area contributed by atoms with Gasteiger partial charge in [-0.25, -0.2) is 15.0 Å². The molecule has 2 aromatic heterocycles. The van der Waals surface area contributed by atoms with Crippen LogP contribution in [-0.2, 0) is 0 Å². The maximum Gasteiger partial charge on any atom is 0.164 e. The number of furan rings is 1. The molecule has 220 valence electrons. The van der Waals surface area contributed by atoms with Gasteiger partial charge in [0.2, 0.25) is 0 Å². The van der Waals surface area contributed by atoms with E-state index in [2.05, 4.69) is 15.0 Å². The summed E-state index contributed by atoms with van der Waals surface area (Å²) in [5.74, 6) is -1.00. The van der Waals surface area contributed by atoms with Gasteiger partial charge in [0.25, 0.3) is 0 Å². The zero-order valence-electron chi connectivity index (χ0n) is 41.0. The molecule has 9 aromatic rings. The second kappa shape index (κ2) is 11.2. The third kappa shape index (κ3) is 4.84. The van der Waals surface area contributed by atoms with E-state index in [1.807, 2.05) is 0 Å². The van der Waals surface area contributed by atoms with Gasteiger partial charge in [-0.05, 0) is 51.2 Å². The zero-order valence-corrected chi connectivity index (χ0v) is 24.0. The maximum atomic E-state index is 9.33. The van der Waals surface area contributed by atoms with Crippen LogP contribution in [0.1, 0.15) is 23.3 Å². The number of para-hydroxylation sites is 1. The van der Waals surface area contributed by atoms with Gasteiger partial charge in [-0.1, -0.05) is 145 Å². The molecule has 0 fully saturated rings. The van der Waals surface area contributed by atoms with E-state index in [0.717, 1.165) is 0 Å². The Kier molecular flexibility index (Phi) is 3.53. The van der Waals surface area contributed by atoms with Gasteiger partial charge in [0.05, 0.1) is 23.3 Å². The number of rotatable bonds is 5. The normalized spacial score (nSPS) is 16.5. The largest absolute Gasteiger partial charge is 0.456 e. The molecule has 0 aliphatic carbocycles. The number of aromatic nitrogens is 3. The highest BCUT2D eigenvalue weighted by molar-refractivity contribution is 6.12. The SMILES string of the molecule is [2H]c1c([2H])c(-c2c([2H])c([2H])c([2H])c3oc4c([2H])c([2H])c([2H])c([2H])c4c23)c([2H])c([2H])c1-c1nc(-c2ccccc2)nc(-c2c([2H])c([2H])c([2H])c3c([2H])c(-c4ccccc4)c([2H])c([2H])c23)n1. The molecule has 0 amide bonds. The molecule has 47 heavy (non-hydrogen) atoms. The van der Waals surface area contributed by atoms with Gasteiger partial charge in [-0.15, -0.1) is 0 Å². The molecule has 4 nitrogen and oxygen atoms in total. The summed E-state index contributed by atoms with van der Waals surface area (Å²) in [6, 6.07) is 5.74. The number of fused-ring (bicyclic) bond motifs is 4. The Morgan fingerprint density at radius 3 is 1.85 bits per heavy atom. The van der Waals surface area contributed by atoms with Crippen molar-refractivity contribution in [3.05, 3.63) is 163 Å². The topological polar surface area (TPSA) is 51.8 Å². The molecule has 0 bridgehead atoms. The van der Waals surface area contributed by atoms with Crippen LogP contribution in [0.4, 0.5) is 0 Å². The first kappa shape index (κ1) is 14.8. The van der Waals surface area contributed by atoms with Crippen molar-refractivity contribution in [2.24, 2.45) is 0 Å². The first-order chi connectivity index (χ1) is 30.4. The van der Waals surface area contributed by atoms with Gasteiger partial charge >= 0.3 is 0 Å². The van der Waals surface area contributed by atoms with Crippen molar-refractivity contribution in [3.8, 4) is 56.4 Å². The van der Waals surface area contributed by atoms with Crippen LogP contribution in [0.2, 0.25) is 0 Å². The van der Waals surface area contributed by atoms with Gasteiger partial charge < -0.3 is 4.42 Å². The lowest BCUT2D eigenvalue weighted by molar-refractivity contribution is 0.669. The van der Waals surface area contributed by atoms with Gasteiger partial charge in [0, 0.05) is 27.5 Å². The summed E-state index contributed by atoms with van der Waals surface area (Å²) in [6.07, 6.45) is 0. The average molecular weight is 619 g/mol. The molecule has 0 aliphatic rings. The molecule has 7 aromatic carbocycles. The molecule has 0 saturated carbocycles. The van der Waals surface area contributed by atoms with Crippen molar-refractivity contribution >= 4 is 32.7 Å². The quantitative estimate of drug-likeness (QED) is 0.193. The second-order valence-electron chi connectivity index (χ2n) is 10.3. The highest BCUT2D eigenvalue weighted by Crippen LogP contribution is 2.37. The molecular formula is C43H27N3O. The predicted octanol–water partition coefficient (Wildman–Crippen LogP) is 11.3. The van der Waals surface area contributed by atoms with E-state index in [1.165, 1.54) is 0 Å². The van der Waals surface area contributed by atoms with E-state index in [-0.39, 0.29) is 44.5 Å². The van der Waals surface area contributed by atoms with E-state index >= 15 is 0 Å². The summed E-state index contributed by atoms with van der Waals surface area (Å²) in [4.78, 5) is 13.7. The van der Waals surface area contributed by atoms with E-state index in [0.29, 0.717) is 11.1 Å². The van der Waals surface area contributed by atoms with Crippen LogP contribution in [0.25, 0.3) is 89.1 Å². The minimum absolute atomic E-state index is 0.0199. The fourth-order valence-electron chi connectivity index (χ4n) is 5.24. The van der Waals surface area contributed by atoms with Crippen LogP contribution >= 0.6 is 0 Å². The predicted molar refractivity (Wildman–Crippen MR) is 192 cm³/mol. The lowest BCUT2D eigenvalue weighted by atomic mass is 9.98. The lowest BCUT2D eigenvalue weighted by Gasteiger charge is -2.12. The highest BCUT2D eigenvalue weighted by atomic mass is 16.3. The highest BCUT2D eigenvalue weighted by Gasteiger charge is 2.16. The average Bonchev–Trinajstić information content (AvgIpc) is 3.69. The Balaban J connectivity index is 1.37. The molecule has 0 unspecified atom stereocenters. The smallest absolute Gasteiger partial charge is 0.164 e. The fourth-order valence-corrected chi connectivity index (χ4v) is 5.24. The van der Waals surface area contributed by atoms with Crippen LogP contribution in [0, 0.1) is 0 Å². The Labute approximate surface area is 295 Å². The van der Waals surface area contributed by atoms with Gasteiger partial charge in [-0.3, -0.25) is 0 Å². The number of hydrogen-bond donors (Lipinski definition) is 0. The number of nitrogens with zero attached hydrogens (tertiary/aromatic N) is 3. The fraction of sp³-hybridized carbons (Fsp3) is 0. The Morgan fingerprint density at radius 1 is 0.426 bits per heavy atom. The van der Waals surface area contributed by atoms with Gasteiger partial charge in [-0.2, -0.15) is 0 Å². The van der Waals surface area contributed by atoms with E-state index in [4.69, 9.17) is 19.5 Å². The van der Waals surface area contributed by atoms with Crippen LogP contribution < -0.4 is 0 Å². The molecule has 0 radical (unpaired) electrons. The standard InChI is InChI=1S/C43H27N3O/c1-3-11-28(12-4-1)32-25-26-34-33(27-32)15-9-18-36(34)43-45-41(30-13-5-2-6-14-30)44-42(46-43)31-23-21-29(22-24-31)35-17-10-20-39-40(35)37-16-7-8-19-38(37)47-39/h1-27H/i7D,8D,9D,10D,15D,16D,17D,18D,19D,20D,21D,22D,23D,24D,25D,26D,27D. The van der Waals surface area contributed by atoms with Crippen molar-refractivity contribution in [1.82, 2.24) is 15.0 Å². The summed E-state index contributed by atoms with van der Waals surface area (Å²) < 4.78 is 157. The lowest BCUT2D eigenvalue weighted by Crippen LogP contribution is -2.00. The second-order valence-corrected chi connectivity index (χ2v) is 10.3. The molecular weight excluding hydrogens is 574 g/mol.